The minimum absolute atomic E-state index is 0.0197. The highest BCUT2D eigenvalue weighted by atomic mass is 35.5. The number of aromatic nitrogens is 1. The summed E-state index contributed by atoms with van der Waals surface area (Å²) in [7, 11) is -2.55. The first-order chi connectivity index (χ1) is 13.7. The van der Waals surface area contributed by atoms with E-state index in [0.29, 0.717) is 16.3 Å². The van der Waals surface area contributed by atoms with E-state index in [0.717, 1.165) is 0 Å². The van der Waals surface area contributed by atoms with Crippen LogP contribution in [0.4, 0.5) is 5.69 Å². The molecule has 0 aliphatic rings. The molecule has 0 atom stereocenters. The van der Waals surface area contributed by atoms with Gasteiger partial charge in [0.15, 0.2) is 0 Å². The van der Waals surface area contributed by atoms with Gasteiger partial charge in [-0.3, -0.25) is 9.52 Å². The molecular weight excluding hydrogens is 435 g/mol. The monoisotopic (exact) mass is 450 g/mol. The number of carbonyl (C=O) groups is 1. The van der Waals surface area contributed by atoms with Gasteiger partial charge in [0.2, 0.25) is 5.78 Å². The first kappa shape index (κ1) is 21.1. The maximum absolute atomic E-state index is 13.2. The van der Waals surface area contributed by atoms with Gasteiger partial charge >= 0.3 is 0 Å². The number of benzene rings is 2. The molecule has 0 fully saturated rings. The van der Waals surface area contributed by atoms with Crippen molar-refractivity contribution in [1.82, 2.24) is 4.98 Å². The van der Waals surface area contributed by atoms with Crippen LogP contribution in [0.3, 0.4) is 0 Å². The fourth-order valence-corrected chi connectivity index (χ4v) is 4.08. The molecule has 29 heavy (non-hydrogen) atoms. The minimum Gasteiger partial charge on any atom is -0.496 e. The minimum atomic E-state index is -4.00. The quantitative estimate of drug-likeness (QED) is 0.548. The number of ether oxygens (including phenoxy) is 1. The summed E-state index contributed by atoms with van der Waals surface area (Å²) in [5.41, 5.74) is 0.816. The maximum atomic E-state index is 13.2. The van der Waals surface area contributed by atoms with Crippen molar-refractivity contribution in [3.8, 4) is 5.75 Å². The largest absolute Gasteiger partial charge is 0.496 e. The SMILES string of the molecule is COc1cccc(C)c1C(=O)c1ncc(Cl)cc1NS(=O)(=O)c1ccc(Cl)cc1. The molecule has 0 spiro atoms. The molecule has 1 aromatic heterocycles. The Balaban J connectivity index is 2.08. The molecule has 9 heteroatoms. The number of aryl methyl sites for hydroxylation is 1. The third-order valence-electron chi connectivity index (χ3n) is 4.12. The van der Waals surface area contributed by atoms with E-state index in [2.05, 4.69) is 9.71 Å². The van der Waals surface area contributed by atoms with Crippen LogP contribution in [0.1, 0.15) is 21.6 Å². The molecule has 2 aromatic carbocycles. The third-order valence-corrected chi connectivity index (χ3v) is 5.96. The molecule has 0 aliphatic carbocycles. The van der Waals surface area contributed by atoms with Crippen molar-refractivity contribution in [2.24, 2.45) is 0 Å². The molecule has 150 valence electrons. The second kappa shape index (κ2) is 8.41. The second-order valence-corrected chi connectivity index (χ2v) is 8.65. The Hall–Kier alpha value is -2.61. The summed E-state index contributed by atoms with van der Waals surface area (Å²) in [5.74, 6) is -0.135. The molecule has 1 N–H and O–H groups in total. The van der Waals surface area contributed by atoms with Crippen molar-refractivity contribution in [1.29, 1.82) is 0 Å². The van der Waals surface area contributed by atoms with Gasteiger partial charge in [-0.25, -0.2) is 13.4 Å². The zero-order valence-electron chi connectivity index (χ0n) is 15.4. The summed E-state index contributed by atoms with van der Waals surface area (Å²) >= 11 is 11.8. The van der Waals surface area contributed by atoms with Crippen LogP contribution < -0.4 is 9.46 Å². The molecule has 0 radical (unpaired) electrons. The number of methoxy groups -OCH3 is 1. The van der Waals surface area contributed by atoms with E-state index in [1.807, 2.05) is 0 Å². The molecule has 0 unspecified atom stereocenters. The van der Waals surface area contributed by atoms with Gasteiger partial charge in [0.1, 0.15) is 11.4 Å². The van der Waals surface area contributed by atoms with Gasteiger partial charge in [0.05, 0.1) is 28.3 Å². The second-order valence-electron chi connectivity index (χ2n) is 6.09. The van der Waals surface area contributed by atoms with Gasteiger partial charge < -0.3 is 4.74 Å². The van der Waals surface area contributed by atoms with Crippen LogP contribution in [-0.2, 0) is 10.0 Å². The van der Waals surface area contributed by atoms with Gasteiger partial charge in [-0.2, -0.15) is 0 Å². The smallest absolute Gasteiger partial charge is 0.261 e. The Kier molecular flexibility index (Phi) is 6.12. The van der Waals surface area contributed by atoms with Crippen molar-refractivity contribution in [3.05, 3.63) is 81.6 Å². The van der Waals surface area contributed by atoms with Crippen LogP contribution in [-0.4, -0.2) is 26.3 Å². The predicted octanol–water partition coefficient (Wildman–Crippen LogP) is 4.74. The van der Waals surface area contributed by atoms with Crippen molar-refractivity contribution >= 4 is 44.7 Å². The van der Waals surface area contributed by atoms with Crippen LogP contribution in [0.15, 0.2) is 59.6 Å². The van der Waals surface area contributed by atoms with Gasteiger partial charge in [0.25, 0.3) is 10.0 Å². The number of hydrogen-bond donors (Lipinski definition) is 1. The highest BCUT2D eigenvalue weighted by Gasteiger charge is 2.24. The Morgan fingerprint density at radius 2 is 1.76 bits per heavy atom. The predicted molar refractivity (Wildman–Crippen MR) is 113 cm³/mol. The number of ketones is 1. The van der Waals surface area contributed by atoms with Crippen LogP contribution in [0.25, 0.3) is 0 Å². The summed E-state index contributed by atoms with van der Waals surface area (Å²) in [4.78, 5) is 17.3. The van der Waals surface area contributed by atoms with Crippen LogP contribution in [0, 0.1) is 6.92 Å². The Bertz CT molecular complexity index is 1180. The molecular formula is C20H16Cl2N2O4S. The Morgan fingerprint density at radius 3 is 2.41 bits per heavy atom. The zero-order valence-corrected chi connectivity index (χ0v) is 17.8. The first-order valence-corrected chi connectivity index (χ1v) is 10.6. The average Bonchev–Trinajstić information content (AvgIpc) is 2.67. The summed E-state index contributed by atoms with van der Waals surface area (Å²) in [6, 6.07) is 12.1. The van der Waals surface area contributed by atoms with Crippen molar-refractivity contribution in [2.45, 2.75) is 11.8 Å². The molecule has 6 nitrogen and oxygen atoms in total. The molecule has 0 aliphatic heterocycles. The first-order valence-electron chi connectivity index (χ1n) is 8.35. The number of anilines is 1. The number of rotatable bonds is 6. The lowest BCUT2D eigenvalue weighted by molar-refractivity contribution is 0.103. The van der Waals surface area contributed by atoms with E-state index < -0.39 is 15.8 Å². The molecule has 0 amide bonds. The number of carbonyl (C=O) groups excluding carboxylic acids is 1. The molecule has 0 bridgehead atoms. The molecule has 3 aromatic rings. The summed E-state index contributed by atoms with van der Waals surface area (Å²) in [6.07, 6.45) is 1.28. The zero-order chi connectivity index (χ0) is 21.2. The number of nitrogens with zero attached hydrogens (tertiary/aromatic N) is 1. The van der Waals surface area contributed by atoms with E-state index in [-0.39, 0.29) is 26.9 Å². The number of halogens is 2. The maximum Gasteiger partial charge on any atom is 0.261 e. The van der Waals surface area contributed by atoms with Crippen molar-refractivity contribution in [3.63, 3.8) is 0 Å². The van der Waals surface area contributed by atoms with E-state index >= 15 is 0 Å². The summed E-state index contributed by atoms with van der Waals surface area (Å²) in [6.45, 7) is 1.75. The van der Waals surface area contributed by atoms with E-state index in [1.54, 1.807) is 25.1 Å². The molecule has 1 heterocycles. The fourth-order valence-electron chi connectivity index (χ4n) is 2.74. The lowest BCUT2D eigenvalue weighted by atomic mass is 10.0. The lowest BCUT2D eigenvalue weighted by Gasteiger charge is -2.14. The topological polar surface area (TPSA) is 85.4 Å². The summed E-state index contributed by atoms with van der Waals surface area (Å²) in [5, 5.41) is 0.572. The van der Waals surface area contributed by atoms with E-state index in [9.17, 15) is 13.2 Å². The Morgan fingerprint density at radius 1 is 1.07 bits per heavy atom. The van der Waals surface area contributed by atoms with Gasteiger partial charge in [0, 0.05) is 11.2 Å². The number of pyridine rings is 1. The highest BCUT2D eigenvalue weighted by Crippen LogP contribution is 2.29. The van der Waals surface area contributed by atoms with E-state index in [1.165, 1.54) is 43.6 Å². The van der Waals surface area contributed by atoms with Crippen LogP contribution in [0.5, 0.6) is 5.75 Å². The van der Waals surface area contributed by atoms with Crippen LogP contribution in [0.2, 0.25) is 10.0 Å². The van der Waals surface area contributed by atoms with Crippen LogP contribution >= 0.6 is 23.2 Å². The van der Waals surface area contributed by atoms with Gasteiger partial charge in [-0.05, 0) is 48.9 Å². The molecule has 0 saturated heterocycles. The van der Waals surface area contributed by atoms with Gasteiger partial charge in [-0.1, -0.05) is 35.3 Å². The number of nitrogens with one attached hydrogen (secondary N) is 1. The number of hydrogen-bond acceptors (Lipinski definition) is 5. The average molecular weight is 451 g/mol. The van der Waals surface area contributed by atoms with Gasteiger partial charge in [-0.15, -0.1) is 0 Å². The fraction of sp³-hybridized carbons (Fsp3) is 0.100. The third kappa shape index (κ3) is 4.53. The number of sulfonamides is 1. The van der Waals surface area contributed by atoms with Crippen molar-refractivity contribution in [2.75, 3.05) is 11.8 Å². The highest BCUT2D eigenvalue weighted by molar-refractivity contribution is 7.92. The molecule has 0 saturated carbocycles. The summed E-state index contributed by atoms with van der Waals surface area (Å²) < 4.78 is 33.2. The molecule has 3 rings (SSSR count). The standard InChI is InChI=1S/C20H16Cl2N2O4S/c1-12-4-3-5-17(28-2)18(12)20(25)19-16(10-14(22)11-23-19)24-29(26,27)15-8-6-13(21)7-9-15/h3-11,24H,1-2H3. The van der Waals surface area contributed by atoms with E-state index in [4.69, 9.17) is 27.9 Å². The van der Waals surface area contributed by atoms with Crippen molar-refractivity contribution < 1.29 is 17.9 Å². The lowest BCUT2D eigenvalue weighted by Crippen LogP contribution is -2.17. The Labute approximate surface area is 178 Å². The normalized spacial score (nSPS) is 11.2.